The van der Waals surface area contributed by atoms with Crippen LogP contribution in [0.25, 0.3) is 0 Å². The standard InChI is InChI=1S/C11H12N2O2S2/c1-4-15-11(14)8-6(2)7(5-12)10(17-3)13-9(8)16/h4H2,1-3H3,(H,13,16). The van der Waals surface area contributed by atoms with Crippen molar-refractivity contribution in [1.82, 2.24) is 4.98 Å². The average molecular weight is 268 g/mol. The van der Waals surface area contributed by atoms with Gasteiger partial charge in [0.25, 0.3) is 0 Å². The Bertz CT molecular complexity index is 544. The van der Waals surface area contributed by atoms with Crippen molar-refractivity contribution in [2.45, 2.75) is 18.9 Å². The van der Waals surface area contributed by atoms with E-state index in [1.54, 1.807) is 13.8 Å². The van der Waals surface area contributed by atoms with Crippen molar-refractivity contribution in [3.05, 3.63) is 21.3 Å². The van der Waals surface area contributed by atoms with Gasteiger partial charge >= 0.3 is 5.97 Å². The van der Waals surface area contributed by atoms with Crippen LogP contribution in [0, 0.1) is 22.9 Å². The second kappa shape index (κ2) is 5.84. The number of nitrogens with zero attached hydrogens (tertiary/aromatic N) is 1. The number of aromatic amines is 1. The van der Waals surface area contributed by atoms with Crippen molar-refractivity contribution >= 4 is 29.9 Å². The van der Waals surface area contributed by atoms with E-state index in [0.717, 1.165) is 0 Å². The molecule has 1 rings (SSSR count). The number of hydrogen-bond acceptors (Lipinski definition) is 5. The Morgan fingerprint density at radius 2 is 2.29 bits per heavy atom. The predicted molar refractivity (Wildman–Crippen MR) is 68.8 cm³/mol. The molecule has 90 valence electrons. The highest BCUT2D eigenvalue weighted by molar-refractivity contribution is 7.98. The topological polar surface area (TPSA) is 65.9 Å². The van der Waals surface area contributed by atoms with E-state index in [1.807, 2.05) is 6.26 Å². The van der Waals surface area contributed by atoms with E-state index in [1.165, 1.54) is 11.8 Å². The fourth-order valence-electron chi connectivity index (χ4n) is 1.43. The number of thioether (sulfide) groups is 1. The minimum atomic E-state index is -0.490. The number of nitrogens with one attached hydrogen (secondary N) is 1. The van der Waals surface area contributed by atoms with Gasteiger partial charge in [-0.3, -0.25) is 0 Å². The first-order valence-corrected chi connectivity index (χ1v) is 6.58. The molecule has 0 aliphatic carbocycles. The number of nitriles is 1. The summed E-state index contributed by atoms with van der Waals surface area (Å²) in [4.78, 5) is 14.6. The molecule has 0 saturated carbocycles. The summed E-state index contributed by atoms with van der Waals surface area (Å²) < 4.78 is 5.23. The molecule has 0 bridgehead atoms. The molecule has 0 aliphatic rings. The lowest BCUT2D eigenvalue weighted by atomic mass is 10.1. The maximum Gasteiger partial charge on any atom is 0.341 e. The maximum absolute atomic E-state index is 11.7. The molecule has 0 radical (unpaired) electrons. The number of pyridine rings is 1. The van der Waals surface area contributed by atoms with Gasteiger partial charge < -0.3 is 9.72 Å². The normalized spacial score (nSPS) is 9.76. The monoisotopic (exact) mass is 268 g/mol. The summed E-state index contributed by atoms with van der Waals surface area (Å²) in [6.45, 7) is 3.70. The van der Waals surface area contributed by atoms with E-state index in [2.05, 4.69) is 11.1 Å². The van der Waals surface area contributed by atoms with Crippen LogP contribution in [-0.4, -0.2) is 23.8 Å². The Labute approximate surface area is 109 Å². The van der Waals surface area contributed by atoms with Crippen LogP contribution in [0.1, 0.15) is 28.4 Å². The lowest BCUT2D eigenvalue weighted by Gasteiger charge is -2.10. The van der Waals surface area contributed by atoms with Gasteiger partial charge in [0.2, 0.25) is 0 Å². The zero-order valence-electron chi connectivity index (χ0n) is 9.79. The van der Waals surface area contributed by atoms with Gasteiger partial charge in [0.05, 0.1) is 22.8 Å². The zero-order valence-corrected chi connectivity index (χ0v) is 11.4. The van der Waals surface area contributed by atoms with Crippen LogP contribution in [0.2, 0.25) is 0 Å². The van der Waals surface area contributed by atoms with Crippen molar-refractivity contribution in [3.8, 4) is 6.07 Å². The van der Waals surface area contributed by atoms with Gasteiger partial charge in [0.1, 0.15) is 10.7 Å². The largest absolute Gasteiger partial charge is 0.462 e. The third-order valence-corrected chi connectivity index (χ3v) is 3.25. The minimum absolute atomic E-state index is 0.274. The number of hydrogen-bond donors (Lipinski definition) is 1. The summed E-state index contributed by atoms with van der Waals surface area (Å²) in [7, 11) is 0. The molecule has 0 aliphatic heterocycles. The smallest absolute Gasteiger partial charge is 0.341 e. The highest BCUT2D eigenvalue weighted by Gasteiger charge is 2.18. The van der Waals surface area contributed by atoms with E-state index in [9.17, 15) is 4.79 Å². The molecule has 4 nitrogen and oxygen atoms in total. The van der Waals surface area contributed by atoms with Crippen LogP contribution in [0.5, 0.6) is 0 Å². The van der Waals surface area contributed by atoms with E-state index < -0.39 is 5.97 Å². The number of esters is 1. The van der Waals surface area contributed by atoms with Crippen LogP contribution in [0.4, 0.5) is 0 Å². The fourth-order valence-corrected chi connectivity index (χ4v) is 2.44. The lowest BCUT2D eigenvalue weighted by molar-refractivity contribution is 0.0524. The molecule has 0 saturated heterocycles. The molecule has 0 atom stereocenters. The molecule has 0 fully saturated rings. The Morgan fingerprint density at radius 3 is 2.76 bits per heavy atom. The highest BCUT2D eigenvalue weighted by atomic mass is 32.2. The summed E-state index contributed by atoms with van der Waals surface area (Å²) in [6.07, 6.45) is 1.84. The molecule has 1 aromatic heterocycles. The van der Waals surface area contributed by atoms with Gasteiger partial charge in [-0.25, -0.2) is 4.79 Å². The van der Waals surface area contributed by atoms with Gasteiger partial charge in [-0.05, 0) is 25.7 Å². The van der Waals surface area contributed by atoms with Crippen LogP contribution in [0.15, 0.2) is 5.03 Å². The van der Waals surface area contributed by atoms with Gasteiger partial charge in [0, 0.05) is 0 Å². The Hall–Kier alpha value is -1.32. The Morgan fingerprint density at radius 1 is 1.65 bits per heavy atom. The SMILES string of the molecule is CCOC(=O)c1c(C)c(C#N)c(SC)[nH]c1=S. The van der Waals surface area contributed by atoms with Crippen molar-refractivity contribution in [2.24, 2.45) is 0 Å². The van der Waals surface area contributed by atoms with Crippen LogP contribution in [-0.2, 0) is 4.74 Å². The zero-order chi connectivity index (χ0) is 13.0. The van der Waals surface area contributed by atoms with E-state index in [-0.39, 0.29) is 12.2 Å². The molecule has 1 N–H and O–H groups in total. The van der Waals surface area contributed by atoms with Crippen LogP contribution in [0.3, 0.4) is 0 Å². The van der Waals surface area contributed by atoms with Crippen LogP contribution >= 0.6 is 24.0 Å². The minimum Gasteiger partial charge on any atom is -0.462 e. The maximum atomic E-state index is 11.7. The molecular weight excluding hydrogens is 256 g/mol. The first kappa shape index (κ1) is 13.7. The van der Waals surface area contributed by atoms with Crippen LogP contribution < -0.4 is 0 Å². The first-order chi connectivity index (χ1) is 8.06. The summed E-state index contributed by atoms with van der Waals surface area (Å²) in [6, 6.07) is 2.07. The molecule has 6 heteroatoms. The second-order valence-corrected chi connectivity index (χ2v) is 4.42. The molecular formula is C11H12N2O2S2. The molecule has 1 heterocycles. The first-order valence-electron chi connectivity index (χ1n) is 4.94. The van der Waals surface area contributed by atoms with Gasteiger partial charge in [-0.1, -0.05) is 12.2 Å². The Kier molecular flexibility index (Phi) is 4.73. The number of rotatable bonds is 3. The van der Waals surface area contributed by atoms with Gasteiger partial charge in [-0.2, -0.15) is 5.26 Å². The van der Waals surface area contributed by atoms with Crippen molar-refractivity contribution in [1.29, 1.82) is 5.26 Å². The Balaban J connectivity index is 3.49. The summed E-state index contributed by atoms with van der Waals surface area (Å²) >= 11 is 6.50. The third kappa shape index (κ3) is 2.68. The predicted octanol–water partition coefficient (Wildman–Crippen LogP) is 2.82. The van der Waals surface area contributed by atoms with E-state index in [4.69, 9.17) is 22.2 Å². The van der Waals surface area contributed by atoms with Gasteiger partial charge in [0.15, 0.2) is 0 Å². The summed E-state index contributed by atoms with van der Waals surface area (Å²) in [5.41, 5.74) is 1.28. The number of carbonyl (C=O) groups excluding carboxylic acids is 1. The number of H-pyrrole nitrogens is 1. The lowest BCUT2D eigenvalue weighted by Crippen LogP contribution is -2.10. The van der Waals surface area contributed by atoms with Gasteiger partial charge in [-0.15, -0.1) is 11.8 Å². The number of ether oxygens (including phenoxy) is 1. The molecule has 0 aromatic carbocycles. The summed E-state index contributed by atoms with van der Waals surface area (Å²) in [5, 5.41) is 9.76. The molecule has 0 spiro atoms. The third-order valence-electron chi connectivity index (χ3n) is 2.23. The van der Waals surface area contributed by atoms with Crippen molar-refractivity contribution < 1.29 is 9.53 Å². The molecule has 17 heavy (non-hydrogen) atoms. The van der Waals surface area contributed by atoms with E-state index >= 15 is 0 Å². The van der Waals surface area contributed by atoms with Crippen molar-refractivity contribution in [3.63, 3.8) is 0 Å². The molecule has 1 aromatic rings. The average Bonchev–Trinajstić information content (AvgIpc) is 2.28. The van der Waals surface area contributed by atoms with Crippen molar-refractivity contribution in [2.75, 3.05) is 12.9 Å². The second-order valence-electron chi connectivity index (χ2n) is 3.19. The van der Waals surface area contributed by atoms with E-state index in [0.29, 0.717) is 20.8 Å². The fraction of sp³-hybridized carbons (Fsp3) is 0.364. The quantitative estimate of drug-likeness (QED) is 0.519. The number of carbonyl (C=O) groups is 1. The molecule has 0 amide bonds. The summed E-state index contributed by atoms with van der Waals surface area (Å²) in [5.74, 6) is -0.490. The highest BCUT2D eigenvalue weighted by Crippen LogP contribution is 2.24. The number of aromatic nitrogens is 1. The molecule has 0 unspecified atom stereocenters.